The van der Waals surface area contributed by atoms with Crippen LogP contribution in [0.1, 0.15) is 89.0 Å². The van der Waals surface area contributed by atoms with E-state index in [1.54, 1.807) is 0 Å². The van der Waals surface area contributed by atoms with Gasteiger partial charge in [0.15, 0.2) is 0 Å². The van der Waals surface area contributed by atoms with E-state index in [9.17, 15) is 0 Å². The molecule has 0 atom stereocenters. The van der Waals surface area contributed by atoms with E-state index in [0.717, 1.165) is 89.8 Å². The van der Waals surface area contributed by atoms with Gasteiger partial charge in [-0.25, -0.2) is 0 Å². The molecule has 2 heteroatoms. The van der Waals surface area contributed by atoms with Gasteiger partial charge in [-0.3, -0.25) is 0 Å². The van der Waals surface area contributed by atoms with E-state index < -0.39 is 0 Å². The van der Waals surface area contributed by atoms with Crippen molar-refractivity contribution in [1.82, 2.24) is 0 Å². The molecule has 2 nitrogen and oxygen atoms in total. The molecule has 0 bridgehead atoms. The Morgan fingerprint density at radius 1 is 0.184 bits per heavy atom. The van der Waals surface area contributed by atoms with Crippen LogP contribution in [0.5, 0.6) is 0 Å². The van der Waals surface area contributed by atoms with Gasteiger partial charge in [-0.15, -0.1) is 0 Å². The molecule has 470 valence electrons. The topological polar surface area (TPSA) is 6.48 Å². The molecular weight excluding hydrogens is 1180 g/mol. The SMILES string of the molecule is Cc1ccc(N(c2ccc(/C=C/c3ccc(/C=C\C=C(c4ccccc4)c4ccccc4)cc3)cc2)c2ccc(/C=C/c3ccc(/C=C/c4ccc(N(c5ccc(C)cc5)c5ccc(/C=C/c6ccc(/C=C\C=C(c7ccccc7)c7ccccc7)cc6)cc5)cc4)cc3)cc2)cc1. The highest BCUT2D eigenvalue weighted by molar-refractivity contribution is 5.85. The molecule has 0 radical (unpaired) electrons. The molecule has 0 N–H and O–H groups in total. The van der Waals surface area contributed by atoms with Crippen LogP contribution in [-0.4, -0.2) is 0 Å². The van der Waals surface area contributed by atoms with E-state index in [-0.39, 0.29) is 0 Å². The molecule has 0 amide bonds. The van der Waals surface area contributed by atoms with Gasteiger partial charge in [-0.2, -0.15) is 0 Å². The molecule has 0 aliphatic heterocycles. The highest BCUT2D eigenvalue weighted by Crippen LogP contribution is 2.38. The number of hydrogen-bond donors (Lipinski definition) is 0. The maximum absolute atomic E-state index is 2.32. The zero-order valence-electron chi connectivity index (χ0n) is 55.3. The molecule has 0 saturated carbocycles. The van der Waals surface area contributed by atoms with Crippen molar-refractivity contribution in [2.75, 3.05) is 9.80 Å². The van der Waals surface area contributed by atoms with Gasteiger partial charge in [0.05, 0.1) is 0 Å². The molecule has 0 spiro atoms. The Labute approximate surface area is 579 Å². The number of allylic oxidation sites excluding steroid dienone is 4. The summed E-state index contributed by atoms with van der Waals surface area (Å²) in [6.45, 7) is 4.26. The van der Waals surface area contributed by atoms with E-state index in [1.807, 2.05) is 0 Å². The third kappa shape index (κ3) is 17.2. The lowest BCUT2D eigenvalue weighted by molar-refractivity contribution is 1.27. The van der Waals surface area contributed by atoms with E-state index >= 15 is 0 Å². The van der Waals surface area contributed by atoms with Crippen LogP contribution in [0.15, 0.2) is 364 Å². The van der Waals surface area contributed by atoms with Crippen molar-refractivity contribution in [1.29, 1.82) is 0 Å². The summed E-state index contributed by atoms with van der Waals surface area (Å²) in [4.78, 5) is 4.64. The number of hydrogen-bond acceptors (Lipinski definition) is 2. The fraction of sp³-hybridized carbons (Fsp3) is 0.0208. The molecule has 0 fully saturated rings. The zero-order valence-corrected chi connectivity index (χ0v) is 55.3. The van der Waals surface area contributed by atoms with Gasteiger partial charge in [-0.05, 0) is 176 Å². The first-order chi connectivity index (χ1) is 48.3. The molecule has 0 saturated heterocycles. The van der Waals surface area contributed by atoms with Crippen molar-refractivity contribution >= 4 is 106 Å². The van der Waals surface area contributed by atoms with Crippen molar-refractivity contribution < 1.29 is 0 Å². The van der Waals surface area contributed by atoms with Crippen molar-refractivity contribution in [3.05, 3.63) is 453 Å². The summed E-state index contributed by atoms with van der Waals surface area (Å²) in [5, 5.41) is 0. The predicted octanol–water partition coefficient (Wildman–Crippen LogP) is 26.2. The molecule has 0 aromatic heterocycles. The summed E-state index contributed by atoms with van der Waals surface area (Å²) in [6.07, 6.45) is 30.5. The van der Waals surface area contributed by atoms with E-state index in [0.29, 0.717) is 0 Å². The molecule has 0 heterocycles. The smallest absolute Gasteiger partial charge is 0.0462 e. The van der Waals surface area contributed by atoms with Gasteiger partial charge in [-0.1, -0.05) is 363 Å². The minimum atomic E-state index is 1.09. The van der Waals surface area contributed by atoms with Gasteiger partial charge in [0.2, 0.25) is 0 Å². The maximum Gasteiger partial charge on any atom is 0.0462 e. The van der Waals surface area contributed by atoms with E-state index in [4.69, 9.17) is 0 Å². The van der Waals surface area contributed by atoms with Crippen molar-refractivity contribution in [3.8, 4) is 0 Å². The normalized spacial score (nSPS) is 11.5. The first kappa shape index (κ1) is 64.1. The lowest BCUT2D eigenvalue weighted by Gasteiger charge is -2.26. The molecule has 13 aromatic carbocycles. The largest absolute Gasteiger partial charge is 0.311 e. The van der Waals surface area contributed by atoms with Gasteiger partial charge in [0.25, 0.3) is 0 Å². The first-order valence-corrected chi connectivity index (χ1v) is 33.5. The van der Waals surface area contributed by atoms with Crippen molar-refractivity contribution in [2.45, 2.75) is 13.8 Å². The Kier molecular flexibility index (Phi) is 20.9. The summed E-state index contributed by atoms with van der Waals surface area (Å²) < 4.78 is 0. The molecule has 98 heavy (non-hydrogen) atoms. The number of aryl methyl sites for hydroxylation is 2. The van der Waals surface area contributed by atoms with Gasteiger partial charge >= 0.3 is 0 Å². The summed E-state index contributed by atoms with van der Waals surface area (Å²) >= 11 is 0. The Balaban J connectivity index is 0.619. The van der Waals surface area contributed by atoms with E-state index in [2.05, 4.69) is 448 Å². The standard InChI is InChI=1S/C96H76N2/c1-73-29-61-89(62-30-73)97(91-65-53-81(54-66-91)49-45-77-37-33-75(34-38-77)17-15-27-95(85-19-7-3-8-20-85)86-21-9-4-10-22-86)93-69-57-83(58-70-93)51-47-79-41-43-80(44-42-79)48-52-84-59-71-94(72-60-84)98(90-63-31-74(2)32-64-90)92-67-55-82(56-68-92)50-46-78-39-35-76(36-40-78)18-16-28-96(87-23-11-5-12-24-87)88-25-13-6-14-26-88/h3-72H,1-2H3/b17-15-,18-16-,49-45+,50-46+,51-47+,52-48+. The molecular formula is C96H76N2. The molecule has 0 aliphatic rings. The lowest BCUT2D eigenvalue weighted by atomic mass is 9.97. The number of nitrogens with zero attached hydrogens (tertiary/aromatic N) is 2. The zero-order chi connectivity index (χ0) is 66.5. The second kappa shape index (κ2) is 32.0. The fourth-order valence-electron chi connectivity index (χ4n) is 11.8. The summed E-state index contributed by atoms with van der Waals surface area (Å²) in [6, 6.07) is 121. The quantitative estimate of drug-likeness (QED) is 0.0493. The number of rotatable bonds is 22. The Bertz CT molecular complexity index is 4540. The van der Waals surface area contributed by atoms with Crippen LogP contribution in [0, 0.1) is 13.8 Å². The molecule has 0 unspecified atom stereocenters. The predicted molar refractivity (Wildman–Crippen MR) is 425 cm³/mol. The average molecular weight is 1260 g/mol. The number of benzene rings is 13. The third-order valence-electron chi connectivity index (χ3n) is 17.3. The Hall–Kier alpha value is -12.6. The Morgan fingerprint density at radius 2 is 0.347 bits per heavy atom. The van der Waals surface area contributed by atoms with Gasteiger partial charge < -0.3 is 9.80 Å². The summed E-state index contributed by atoms with van der Waals surface area (Å²) in [5.41, 5.74) is 27.6. The van der Waals surface area contributed by atoms with Crippen molar-refractivity contribution in [2.24, 2.45) is 0 Å². The van der Waals surface area contributed by atoms with E-state index in [1.165, 1.54) is 44.5 Å². The first-order valence-electron chi connectivity index (χ1n) is 33.5. The van der Waals surface area contributed by atoms with Gasteiger partial charge in [0, 0.05) is 34.1 Å². The maximum atomic E-state index is 2.32. The van der Waals surface area contributed by atoms with Crippen LogP contribution in [0.2, 0.25) is 0 Å². The minimum absolute atomic E-state index is 1.09. The third-order valence-corrected chi connectivity index (χ3v) is 17.3. The van der Waals surface area contributed by atoms with Crippen LogP contribution in [-0.2, 0) is 0 Å². The lowest BCUT2D eigenvalue weighted by Crippen LogP contribution is -2.09. The average Bonchev–Trinajstić information content (AvgIpc) is 0.819. The summed E-state index contributed by atoms with van der Waals surface area (Å²) in [5.74, 6) is 0. The highest BCUT2D eigenvalue weighted by Gasteiger charge is 2.15. The fourth-order valence-corrected chi connectivity index (χ4v) is 11.8. The number of anilines is 6. The second-order valence-electron chi connectivity index (χ2n) is 24.4. The monoisotopic (exact) mass is 1260 g/mol. The van der Waals surface area contributed by atoms with Gasteiger partial charge in [0.1, 0.15) is 0 Å². The molecule has 0 aliphatic carbocycles. The van der Waals surface area contributed by atoms with Crippen LogP contribution < -0.4 is 9.80 Å². The van der Waals surface area contributed by atoms with Crippen LogP contribution in [0.3, 0.4) is 0 Å². The van der Waals surface area contributed by atoms with Crippen LogP contribution in [0.25, 0.3) is 71.9 Å². The highest BCUT2D eigenvalue weighted by atomic mass is 15.1. The minimum Gasteiger partial charge on any atom is -0.311 e. The van der Waals surface area contributed by atoms with Crippen LogP contribution >= 0.6 is 0 Å². The molecule has 13 aromatic rings. The second-order valence-corrected chi connectivity index (χ2v) is 24.4. The molecule has 13 rings (SSSR count). The Morgan fingerprint density at radius 3 is 0.541 bits per heavy atom. The van der Waals surface area contributed by atoms with Crippen LogP contribution in [0.4, 0.5) is 34.1 Å². The summed E-state index contributed by atoms with van der Waals surface area (Å²) in [7, 11) is 0. The van der Waals surface area contributed by atoms with Crippen molar-refractivity contribution in [3.63, 3.8) is 0 Å².